The first-order valence-electron chi connectivity index (χ1n) is 11.5. The van der Waals surface area contributed by atoms with Gasteiger partial charge in [-0.3, -0.25) is 4.79 Å². The number of nitrogens with one attached hydrogen (secondary N) is 2. The Bertz CT molecular complexity index is 1160. The van der Waals surface area contributed by atoms with Gasteiger partial charge in [-0.25, -0.2) is 4.98 Å². The van der Waals surface area contributed by atoms with Crippen molar-refractivity contribution in [2.75, 3.05) is 32.0 Å². The summed E-state index contributed by atoms with van der Waals surface area (Å²) in [5.41, 5.74) is 8.90. The summed E-state index contributed by atoms with van der Waals surface area (Å²) in [7, 11) is 0. The molecule has 4 rings (SSSR count). The van der Waals surface area contributed by atoms with Crippen molar-refractivity contribution >= 4 is 34.9 Å². The summed E-state index contributed by atoms with van der Waals surface area (Å²) >= 11 is 12.7. The van der Waals surface area contributed by atoms with E-state index in [-0.39, 0.29) is 17.8 Å². The van der Waals surface area contributed by atoms with Gasteiger partial charge in [-0.2, -0.15) is 0 Å². The van der Waals surface area contributed by atoms with E-state index in [0.29, 0.717) is 40.1 Å². The van der Waals surface area contributed by atoms with Crippen LogP contribution in [0.5, 0.6) is 5.75 Å². The molecule has 0 spiro atoms. The van der Waals surface area contributed by atoms with Gasteiger partial charge >= 0.3 is 0 Å². The number of hydrogen-bond donors (Lipinski definition) is 3. The second kappa shape index (κ2) is 11.7. The van der Waals surface area contributed by atoms with Crippen LogP contribution in [-0.4, -0.2) is 43.2 Å². The van der Waals surface area contributed by atoms with E-state index in [1.807, 2.05) is 25.1 Å². The van der Waals surface area contributed by atoms with Gasteiger partial charge in [0.25, 0.3) is 5.91 Å². The molecule has 7 nitrogen and oxygen atoms in total. The summed E-state index contributed by atoms with van der Waals surface area (Å²) in [6, 6.07) is 14.4. The first kappa shape index (κ1) is 25.3. The van der Waals surface area contributed by atoms with E-state index in [4.69, 9.17) is 38.4 Å². The topological polar surface area (TPSA) is 98.5 Å². The van der Waals surface area contributed by atoms with Crippen LogP contribution in [0.4, 0.5) is 5.82 Å². The number of nitrogens with zero attached hydrogens (tertiary/aromatic N) is 1. The van der Waals surface area contributed by atoms with Crippen molar-refractivity contribution in [3.8, 4) is 16.9 Å². The number of aromatic nitrogens is 1. The Hall–Kier alpha value is -2.84. The molecule has 0 saturated carbocycles. The predicted molar refractivity (Wildman–Crippen MR) is 139 cm³/mol. The number of rotatable bonds is 8. The number of hydrogen-bond acceptors (Lipinski definition) is 6. The van der Waals surface area contributed by atoms with Gasteiger partial charge in [-0.15, -0.1) is 0 Å². The lowest BCUT2D eigenvalue weighted by Crippen LogP contribution is -2.40. The van der Waals surface area contributed by atoms with Crippen molar-refractivity contribution in [2.45, 2.75) is 25.6 Å². The number of benzene rings is 2. The highest BCUT2D eigenvalue weighted by Crippen LogP contribution is 2.35. The Morgan fingerprint density at radius 1 is 1.23 bits per heavy atom. The summed E-state index contributed by atoms with van der Waals surface area (Å²) in [6.07, 6.45) is 2.09. The number of nitrogens with two attached hydrogens (primary N) is 1. The highest BCUT2D eigenvalue weighted by atomic mass is 35.5. The number of nitrogen functional groups attached to an aromatic ring is 1. The van der Waals surface area contributed by atoms with Gasteiger partial charge in [0.2, 0.25) is 0 Å². The molecular weight excluding hydrogens is 487 g/mol. The number of morpholine rings is 1. The van der Waals surface area contributed by atoms with Gasteiger partial charge in [0.15, 0.2) is 11.6 Å². The molecule has 0 bridgehead atoms. The minimum absolute atomic E-state index is 0.123. The average Bonchev–Trinajstić information content (AvgIpc) is 2.86. The Kier molecular flexibility index (Phi) is 8.46. The van der Waals surface area contributed by atoms with Crippen LogP contribution in [0, 0.1) is 0 Å². The quantitative estimate of drug-likeness (QED) is 0.396. The summed E-state index contributed by atoms with van der Waals surface area (Å²) < 4.78 is 11.8. The van der Waals surface area contributed by atoms with Gasteiger partial charge in [0.1, 0.15) is 6.10 Å². The fraction of sp³-hybridized carbons (Fsp3) is 0.308. The molecule has 2 aromatic carbocycles. The van der Waals surface area contributed by atoms with E-state index < -0.39 is 6.10 Å². The van der Waals surface area contributed by atoms with Crippen LogP contribution in [0.15, 0.2) is 54.7 Å². The van der Waals surface area contributed by atoms with Crippen LogP contribution in [-0.2, 0) is 4.74 Å². The SMILES string of the molecule is CC(Oc1cc(-c2cccc(C(=O)NCCC3CNCCO3)c2)cnc1N)c1c(Cl)cccc1Cl. The maximum absolute atomic E-state index is 12.7. The van der Waals surface area contributed by atoms with E-state index in [0.717, 1.165) is 30.6 Å². The normalized spacial score (nSPS) is 16.5. The first-order chi connectivity index (χ1) is 16.9. The molecule has 2 heterocycles. The van der Waals surface area contributed by atoms with Gasteiger partial charge in [0, 0.05) is 52.6 Å². The summed E-state index contributed by atoms with van der Waals surface area (Å²) in [4.78, 5) is 17.0. The van der Waals surface area contributed by atoms with Crippen LogP contribution in [0.1, 0.15) is 35.4 Å². The highest BCUT2D eigenvalue weighted by Gasteiger charge is 2.18. The Morgan fingerprint density at radius 3 is 2.74 bits per heavy atom. The molecule has 2 unspecified atom stereocenters. The lowest BCUT2D eigenvalue weighted by Gasteiger charge is -2.23. The van der Waals surface area contributed by atoms with Crippen LogP contribution in [0.25, 0.3) is 11.1 Å². The van der Waals surface area contributed by atoms with Crippen LogP contribution in [0.2, 0.25) is 10.0 Å². The number of anilines is 1. The summed E-state index contributed by atoms with van der Waals surface area (Å²) in [6.45, 7) is 4.76. The number of halogens is 2. The fourth-order valence-corrected chi connectivity index (χ4v) is 4.65. The summed E-state index contributed by atoms with van der Waals surface area (Å²) in [5.74, 6) is 0.511. The Balaban J connectivity index is 1.46. The molecule has 3 aromatic rings. The average molecular weight is 515 g/mol. The van der Waals surface area contributed by atoms with Crippen molar-refractivity contribution < 1.29 is 14.3 Å². The van der Waals surface area contributed by atoms with Crippen molar-refractivity contribution in [3.05, 3.63) is 75.9 Å². The highest BCUT2D eigenvalue weighted by molar-refractivity contribution is 6.36. The molecule has 2 atom stereocenters. The maximum atomic E-state index is 12.7. The lowest BCUT2D eigenvalue weighted by atomic mass is 10.0. The molecule has 1 amide bonds. The molecule has 0 aliphatic carbocycles. The molecule has 4 N–H and O–H groups in total. The standard InChI is InChI=1S/C26H28Cl2N4O3/c1-16(24-21(27)6-3-7-22(24)28)35-23-13-19(14-32-25(23)29)17-4-2-5-18(12-17)26(33)31-9-8-20-15-30-10-11-34-20/h2-7,12-14,16,20,30H,8-11,15H2,1H3,(H2,29,32)(H,31,33). The van der Waals surface area contributed by atoms with Crippen molar-refractivity contribution in [1.82, 2.24) is 15.6 Å². The fourth-order valence-electron chi connectivity index (χ4n) is 3.95. The monoisotopic (exact) mass is 514 g/mol. The molecule has 1 fully saturated rings. The van der Waals surface area contributed by atoms with Gasteiger partial charge in [-0.1, -0.05) is 41.4 Å². The zero-order valence-electron chi connectivity index (χ0n) is 19.4. The molecular formula is C26H28Cl2N4O3. The van der Waals surface area contributed by atoms with Crippen molar-refractivity contribution in [1.29, 1.82) is 0 Å². The Labute approximate surface area is 214 Å². The Morgan fingerprint density at radius 2 is 2.00 bits per heavy atom. The third-order valence-corrected chi connectivity index (χ3v) is 6.47. The van der Waals surface area contributed by atoms with Crippen molar-refractivity contribution in [3.63, 3.8) is 0 Å². The minimum Gasteiger partial charge on any atom is -0.482 e. The third-order valence-electron chi connectivity index (χ3n) is 5.81. The minimum atomic E-state index is -0.448. The molecule has 1 aliphatic heterocycles. The molecule has 1 aliphatic rings. The van der Waals surface area contributed by atoms with Crippen LogP contribution in [0.3, 0.4) is 0 Å². The van der Waals surface area contributed by atoms with Gasteiger partial charge in [0.05, 0.1) is 12.7 Å². The molecule has 0 radical (unpaired) electrons. The number of carbonyl (C=O) groups is 1. The smallest absolute Gasteiger partial charge is 0.251 e. The van der Waals surface area contributed by atoms with Gasteiger partial charge in [-0.05, 0) is 49.2 Å². The number of amides is 1. The zero-order valence-corrected chi connectivity index (χ0v) is 20.9. The van der Waals surface area contributed by atoms with Crippen LogP contribution < -0.4 is 21.1 Å². The van der Waals surface area contributed by atoms with E-state index >= 15 is 0 Å². The van der Waals surface area contributed by atoms with E-state index in [2.05, 4.69) is 15.6 Å². The van der Waals surface area contributed by atoms with E-state index in [1.54, 1.807) is 36.5 Å². The summed E-state index contributed by atoms with van der Waals surface area (Å²) in [5, 5.41) is 7.28. The molecule has 9 heteroatoms. The van der Waals surface area contributed by atoms with Gasteiger partial charge < -0.3 is 25.8 Å². The van der Waals surface area contributed by atoms with Crippen molar-refractivity contribution in [2.24, 2.45) is 0 Å². The second-order valence-corrected chi connectivity index (χ2v) is 9.14. The third kappa shape index (κ3) is 6.44. The largest absolute Gasteiger partial charge is 0.482 e. The molecule has 184 valence electrons. The van der Waals surface area contributed by atoms with E-state index in [1.165, 1.54) is 0 Å². The number of carbonyl (C=O) groups excluding carboxylic acids is 1. The number of ether oxygens (including phenoxy) is 2. The van der Waals surface area contributed by atoms with Crippen LogP contribution >= 0.6 is 23.2 Å². The number of pyridine rings is 1. The second-order valence-electron chi connectivity index (χ2n) is 8.33. The zero-order chi connectivity index (χ0) is 24.8. The molecule has 1 aromatic heterocycles. The molecule has 35 heavy (non-hydrogen) atoms. The predicted octanol–water partition coefficient (Wildman–Crippen LogP) is 4.89. The lowest BCUT2D eigenvalue weighted by molar-refractivity contribution is 0.0239. The maximum Gasteiger partial charge on any atom is 0.251 e. The first-order valence-corrected chi connectivity index (χ1v) is 12.2. The van der Waals surface area contributed by atoms with E-state index in [9.17, 15) is 4.79 Å². The molecule has 1 saturated heterocycles.